The Balaban J connectivity index is 2.04. The number of benzene rings is 2. The van der Waals surface area contributed by atoms with Crippen molar-refractivity contribution >= 4 is 26.8 Å². The van der Waals surface area contributed by atoms with Gasteiger partial charge in [0.05, 0.1) is 17.8 Å². The quantitative estimate of drug-likeness (QED) is 0.779. The first-order valence-corrected chi connectivity index (χ1v) is 7.51. The number of hydrogen-bond acceptors (Lipinski definition) is 2. The Kier molecular flexibility index (Phi) is 4.03. The molecule has 2 aromatic carbocycles. The van der Waals surface area contributed by atoms with Gasteiger partial charge in [0.15, 0.2) is 0 Å². The Morgan fingerprint density at radius 1 is 1.24 bits per heavy atom. The molecule has 1 aromatic heterocycles. The normalized spacial score (nSPS) is 11.2. The Hall–Kier alpha value is -1.72. The first kappa shape index (κ1) is 14.2. The van der Waals surface area contributed by atoms with Crippen molar-refractivity contribution in [2.45, 2.75) is 13.1 Å². The summed E-state index contributed by atoms with van der Waals surface area (Å²) in [7, 11) is 1.91. The predicted molar refractivity (Wildman–Crippen MR) is 85.7 cm³/mol. The van der Waals surface area contributed by atoms with Gasteiger partial charge in [-0.2, -0.15) is 5.10 Å². The van der Waals surface area contributed by atoms with Crippen molar-refractivity contribution in [3.8, 4) is 0 Å². The highest BCUT2D eigenvalue weighted by Crippen LogP contribution is 2.23. The highest BCUT2D eigenvalue weighted by Gasteiger charge is 2.11. The molecule has 1 N–H and O–H groups in total. The number of aromatic nitrogens is 2. The van der Waals surface area contributed by atoms with Crippen molar-refractivity contribution in [2.75, 3.05) is 7.05 Å². The lowest BCUT2D eigenvalue weighted by Crippen LogP contribution is -2.08. The molecule has 1 heterocycles. The van der Waals surface area contributed by atoms with E-state index in [2.05, 4.69) is 38.5 Å². The molecule has 0 aliphatic carbocycles. The Morgan fingerprint density at radius 3 is 2.81 bits per heavy atom. The zero-order chi connectivity index (χ0) is 14.8. The van der Waals surface area contributed by atoms with Crippen LogP contribution < -0.4 is 5.32 Å². The number of para-hydroxylation sites is 1. The van der Waals surface area contributed by atoms with Crippen LogP contribution in [-0.4, -0.2) is 16.8 Å². The molecule has 0 spiro atoms. The van der Waals surface area contributed by atoms with Crippen LogP contribution in [0.25, 0.3) is 10.9 Å². The van der Waals surface area contributed by atoms with Crippen molar-refractivity contribution in [3.63, 3.8) is 0 Å². The minimum absolute atomic E-state index is 0.244. The second kappa shape index (κ2) is 5.95. The summed E-state index contributed by atoms with van der Waals surface area (Å²) in [5.74, 6) is -0.244. The topological polar surface area (TPSA) is 29.9 Å². The fourth-order valence-electron chi connectivity index (χ4n) is 2.43. The highest BCUT2D eigenvalue weighted by molar-refractivity contribution is 9.10. The van der Waals surface area contributed by atoms with Crippen LogP contribution in [0.4, 0.5) is 4.39 Å². The minimum atomic E-state index is -0.244. The van der Waals surface area contributed by atoms with E-state index in [0.717, 1.165) is 33.2 Å². The van der Waals surface area contributed by atoms with Crippen LogP contribution in [0.5, 0.6) is 0 Å². The molecule has 3 rings (SSSR count). The maximum absolute atomic E-state index is 13.2. The molecule has 3 aromatic rings. The molecule has 5 heteroatoms. The number of rotatable bonds is 4. The van der Waals surface area contributed by atoms with Gasteiger partial charge < -0.3 is 5.32 Å². The number of fused-ring (bicyclic) bond motifs is 1. The number of nitrogens with zero attached hydrogens (tertiary/aromatic N) is 2. The second-order valence-electron chi connectivity index (χ2n) is 4.89. The van der Waals surface area contributed by atoms with Gasteiger partial charge in [-0.05, 0) is 30.8 Å². The molecule has 0 fully saturated rings. The van der Waals surface area contributed by atoms with Gasteiger partial charge in [0, 0.05) is 16.4 Å². The van der Waals surface area contributed by atoms with Crippen LogP contribution in [0.3, 0.4) is 0 Å². The Morgan fingerprint density at radius 2 is 2.05 bits per heavy atom. The summed E-state index contributed by atoms with van der Waals surface area (Å²) in [5.41, 5.74) is 3.10. The number of halogens is 2. The molecule has 0 amide bonds. The average molecular weight is 348 g/mol. The molecule has 0 bridgehead atoms. The lowest BCUT2D eigenvalue weighted by atomic mass is 10.2. The molecular formula is C16H15BrFN3. The maximum Gasteiger partial charge on any atom is 0.124 e. The molecule has 21 heavy (non-hydrogen) atoms. The molecule has 0 unspecified atom stereocenters. The monoisotopic (exact) mass is 347 g/mol. The van der Waals surface area contributed by atoms with Gasteiger partial charge in [0.2, 0.25) is 0 Å². The summed E-state index contributed by atoms with van der Waals surface area (Å²) in [5, 5.41) is 8.96. The van der Waals surface area contributed by atoms with E-state index >= 15 is 0 Å². The maximum atomic E-state index is 13.2. The lowest BCUT2D eigenvalue weighted by molar-refractivity contribution is 0.623. The Bertz CT molecular complexity index is 782. The average Bonchev–Trinajstić information content (AvgIpc) is 2.81. The minimum Gasteiger partial charge on any atom is -0.314 e. The van der Waals surface area contributed by atoms with E-state index in [0.29, 0.717) is 6.54 Å². The van der Waals surface area contributed by atoms with Gasteiger partial charge in [0.1, 0.15) is 5.82 Å². The van der Waals surface area contributed by atoms with Gasteiger partial charge in [0.25, 0.3) is 0 Å². The van der Waals surface area contributed by atoms with Gasteiger partial charge >= 0.3 is 0 Å². The first-order chi connectivity index (χ1) is 10.2. The van der Waals surface area contributed by atoms with Crippen molar-refractivity contribution in [2.24, 2.45) is 0 Å². The largest absolute Gasteiger partial charge is 0.314 e. The van der Waals surface area contributed by atoms with E-state index in [1.807, 2.05) is 23.9 Å². The van der Waals surface area contributed by atoms with Gasteiger partial charge in [-0.1, -0.05) is 40.2 Å². The van der Waals surface area contributed by atoms with Crippen LogP contribution in [0.1, 0.15) is 11.3 Å². The van der Waals surface area contributed by atoms with Gasteiger partial charge in [-0.15, -0.1) is 0 Å². The van der Waals surface area contributed by atoms with Gasteiger partial charge in [-0.25, -0.2) is 4.39 Å². The summed E-state index contributed by atoms with van der Waals surface area (Å²) in [6.07, 6.45) is 0. The fraction of sp³-hybridized carbons (Fsp3) is 0.188. The van der Waals surface area contributed by atoms with Crippen molar-refractivity contribution in [3.05, 3.63) is 64.0 Å². The summed E-state index contributed by atoms with van der Waals surface area (Å²) in [6.45, 7) is 1.32. The van der Waals surface area contributed by atoms with Crippen molar-refractivity contribution in [1.29, 1.82) is 0 Å². The van der Waals surface area contributed by atoms with Crippen molar-refractivity contribution in [1.82, 2.24) is 15.1 Å². The standard InChI is InChI=1S/C16H15BrFN3/c1-19-9-15-13-4-2-3-5-16(13)21(20-15)10-11-6-7-12(18)8-14(11)17/h2-8,19H,9-10H2,1H3. The molecular weight excluding hydrogens is 333 g/mol. The third-order valence-electron chi connectivity index (χ3n) is 3.41. The first-order valence-electron chi connectivity index (χ1n) is 6.72. The molecule has 0 saturated heterocycles. The van der Waals surface area contributed by atoms with Crippen LogP contribution in [0.15, 0.2) is 46.9 Å². The third-order valence-corrected chi connectivity index (χ3v) is 4.15. The van der Waals surface area contributed by atoms with E-state index < -0.39 is 0 Å². The van der Waals surface area contributed by atoms with Crippen LogP contribution in [0.2, 0.25) is 0 Å². The summed E-state index contributed by atoms with van der Waals surface area (Å²) in [6, 6.07) is 12.9. The molecule has 0 aliphatic rings. The molecule has 0 radical (unpaired) electrons. The van der Waals surface area contributed by atoms with Gasteiger partial charge in [-0.3, -0.25) is 4.68 Å². The Labute approximate surface area is 130 Å². The van der Waals surface area contributed by atoms with E-state index in [9.17, 15) is 4.39 Å². The molecule has 0 saturated carbocycles. The second-order valence-corrected chi connectivity index (χ2v) is 5.74. The SMILES string of the molecule is CNCc1nn(Cc2ccc(F)cc2Br)c2ccccc12. The van der Waals surface area contributed by atoms with Crippen LogP contribution >= 0.6 is 15.9 Å². The zero-order valence-electron chi connectivity index (χ0n) is 11.6. The molecule has 0 atom stereocenters. The summed E-state index contributed by atoms with van der Waals surface area (Å²) in [4.78, 5) is 0. The zero-order valence-corrected chi connectivity index (χ0v) is 13.2. The fourth-order valence-corrected chi connectivity index (χ4v) is 2.90. The molecule has 3 nitrogen and oxygen atoms in total. The van der Waals surface area contributed by atoms with Crippen molar-refractivity contribution < 1.29 is 4.39 Å². The lowest BCUT2D eigenvalue weighted by Gasteiger charge is -2.06. The highest BCUT2D eigenvalue weighted by atomic mass is 79.9. The molecule has 108 valence electrons. The molecule has 0 aliphatic heterocycles. The van der Waals surface area contributed by atoms with E-state index in [4.69, 9.17) is 0 Å². The van der Waals surface area contributed by atoms with Crippen LogP contribution in [-0.2, 0) is 13.1 Å². The summed E-state index contributed by atoms with van der Waals surface area (Å²) >= 11 is 3.41. The number of nitrogens with one attached hydrogen (secondary N) is 1. The summed E-state index contributed by atoms with van der Waals surface area (Å²) < 4.78 is 15.9. The third kappa shape index (κ3) is 2.84. The van der Waals surface area contributed by atoms with E-state index in [-0.39, 0.29) is 5.82 Å². The number of hydrogen-bond donors (Lipinski definition) is 1. The van der Waals surface area contributed by atoms with E-state index in [1.54, 1.807) is 6.07 Å². The predicted octanol–water partition coefficient (Wildman–Crippen LogP) is 3.71. The smallest absolute Gasteiger partial charge is 0.124 e. The van der Waals surface area contributed by atoms with Crippen LogP contribution in [0, 0.1) is 5.82 Å². The van der Waals surface area contributed by atoms with E-state index in [1.165, 1.54) is 12.1 Å².